The Kier molecular flexibility index (Phi) is 3.07. The van der Waals surface area contributed by atoms with E-state index in [9.17, 15) is 9.59 Å². The molecule has 1 heterocycles. The largest absolute Gasteiger partial charge is 0.340 e. The monoisotopic (exact) mass is 243 g/mol. The van der Waals surface area contributed by atoms with Crippen LogP contribution in [0.2, 0.25) is 0 Å². The van der Waals surface area contributed by atoms with Crippen LogP contribution >= 0.6 is 0 Å². The SMILES string of the molecule is CC(C)(C)C(=O)Cn1ccc(=O)c2ccccc21. The number of pyridine rings is 1. The van der Waals surface area contributed by atoms with E-state index >= 15 is 0 Å². The maximum Gasteiger partial charge on any atom is 0.189 e. The van der Waals surface area contributed by atoms with Crippen LogP contribution in [0, 0.1) is 5.41 Å². The third kappa shape index (κ3) is 2.35. The van der Waals surface area contributed by atoms with E-state index in [1.165, 1.54) is 6.07 Å². The number of hydrogen-bond donors (Lipinski definition) is 0. The molecule has 0 amide bonds. The number of ketones is 1. The van der Waals surface area contributed by atoms with E-state index < -0.39 is 0 Å². The Morgan fingerprint density at radius 1 is 1.17 bits per heavy atom. The van der Waals surface area contributed by atoms with Crippen LogP contribution in [0.25, 0.3) is 10.9 Å². The van der Waals surface area contributed by atoms with E-state index in [1.807, 2.05) is 43.5 Å². The van der Waals surface area contributed by atoms with Crippen LogP contribution in [-0.4, -0.2) is 10.4 Å². The molecular formula is C15H17NO2. The molecule has 0 fully saturated rings. The minimum Gasteiger partial charge on any atom is -0.340 e. The highest BCUT2D eigenvalue weighted by Gasteiger charge is 2.21. The van der Waals surface area contributed by atoms with Gasteiger partial charge in [0.05, 0.1) is 12.1 Å². The molecule has 0 N–H and O–H groups in total. The lowest BCUT2D eigenvalue weighted by molar-refractivity contribution is -0.126. The lowest BCUT2D eigenvalue weighted by Crippen LogP contribution is -2.25. The summed E-state index contributed by atoms with van der Waals surface area (Å²) >= 11 is 0. The maximum atomic E-state index is 12.1. The third-order valence-corrected chi connectivity index (χ3v) is 3.04. The van der Waals surface area contributed by atoms with Crippen molar-refractivity contribution in [3.05, 3.63) is 46.8 Å². The van der Waals surface area contributed by atoms with Crippen molar-refractivity contribution in [3.63, 3.8) is 0 Å². The van der Waals surface area contributed by atoms with Crippen molar-refractivity contribution in [2.24, 2.45) is 5.41 Å². The molecule has 94 valence electrons. The molecule has 0 aliphatic rings. The molecule has 0 unspecified atom stereocenters. The van der Waals surface area contributed by atoms with Gasteiger partial charge in [-0.05, 0) is 12.1 Å². The first-order chi connectivity index (χ1) is 8.39. The number of para-hydroxylation sites is 1. The summed E-state index contributed by atoms with van der Waals surface area (Å²) in [5, 5.41) is 0.654. The summed E-state index contributed by atoms with van der Waals surface area (Å²) in [4.78, 5) is 23.8. The maximum absolute atomic E-state index is 12.1. The first-order valence-electron chi connectivity index (χ1n) is 6.01. The summed E-state index contributed by atoms with van der Waals surface area (Å²) in [6, 6.07) is 8.88. The fourth-order valence-corrected chi connectivity index (χ4v) is 1.79. The number of Topliss-reactive ketones (excluding diaryl/α,β-unsaturated/α-hetero) is 1. The topological polar surface area (TPSA) is 39.1 Å². The molecule has 0 aliphatic heterocycles. The average molecular weight is 243 g/mol. The van der Waals surface area contributed by atoms with E-state index in [-0.39, 0.29) is 16.6 Å². The molecule has 2 rings (SSSR count). The first-order valence-corrected chi connectivity index (χ1v) is 6.01. The molecule has 0 saturated carbocycles. The van der Waals surface area contributed by atoms with Crippen LogP contribution in [0.1, 0.15) is 20.8 Å². The van der Waals surface area contributed by atoms with Crippen molar-refractivity contribution in [2.45, 2.75) is 27.3 Å². The highest BCUT2D eigenvalue weighted by Crippen LogP contribution is 2.17. The van der Waals surface area contributed by atoms with E-state index in [0.717, 1.165) is 5.52 Å². The Morgan fingerprint density at radius 2 is 1.83 bits per heavy atom. The fourth-order valence-electron chi connectivity index (χ4n) is 1.79. The lowest BCUT2D eigenvalue weighted by Gasteiger charge is -2.18. The van der Waals surface area contributed by atoms with Crippen molar-refractivity contribution in [1.82, 2.24) is 4.57 Å². The van der Waals surface area contributed by atoms with Crippen LogP contribution in [0.15, 0.2) is 41.3 Å². The second kappa shape index (κ2) is 4.41. The number of carbonyl (C=O) groups excluding carboxylic acids is 1. The summed E-state index contributed by atoms with van der Waals surface area (Å²) in [7, 11) is 0. The molecule has 0 aliphatic carbocycles. The number of fused-ring (bicyclic) bond motifs is 1. The number of aromatic nitrogens is 1. The molecular weight excluding hydrogens is 226 g/mol. The summed E-state index contributed by atoms with van der Waals surface area (Å²) in [5.74, 6) is 0.149. The fraction of sp³-hybridized carbons (Fsp3) is 0.333. The smallest absolute Gasteiger partial charge is 0.189 e. The van der Waals surface area contributed by atoms with Gasteiger partial charge in [0, 0.05) is 23.1 Å². The molecule has 0 radical (unpaired) electrons. The van der Waals surface area contributed by atoms with Gasteiger partial charge in [-0.25, -0.2) is 0 Å². The average Bonchev–Trinajstić information content (AvgIpc) is 2.32. The standard InChI is InChI=1S/C15H17NO2/c1-15(2,3)14(18)10-16-9-8-13(17)11-6-4-5-7-12(11)16/h4-9H,10H2,1-3H3. The molecule has 1 aromatic heterocycles. The minimum atomic E-state index is -0.371. The molecule has 2 aromatic rings. The second-order valence-corrected chi connectivity index (χ2v) is 5.50. The van der Waals surface area contributed by atoms with Gasteiger partial charge in [0.25, 0.3) is 0 Å². The van der Waals surface area contributed by atoms with Gasteiger partial charge in [0.15, 0.2) is 11.2 Å². The molecule has 18 heavy (non-hydrogen) atoms. The van der Waals surface area contributed by atoms with Crippen LogP contribution in [0.5, 0.6) is 0 Å². The highest BCUT2D eigenvalue weighted by atomic mass is 16.1. The quantitative estimate of drug-likeness (QED) is 0.813. The predicted molar refractivity (Wildman–Crippen MR) is 72.7 cm³/mol. The highest BCUT2D eigenvalue weighted by molar-refractivity contribution is 5.86. The first kappa shape index (κ1) is 12.6. The van der Waals surface area contributed by atoms with Crippen molar-refractivity contribution in [2.75, 3.05) is 0 Å². The molecule has 0 saturated heterocycles. The normalized spacial score (nSPS) is 11.7. The van der Waals surface area contributed by atoms with Gasteiger partial charge in [-0.15, -0.1) is 0 Å². The van der Waals surface area contributed by atoms with Crippen LogP contribution in [-0.2, 0) is 11.3 Å². The number of carbonyl (C=O) groups is 1. The van der Waals surface area contributed by atoms with Gasteiger partial charge in [0.2, 0.25) is 0 Å². The minimum absolute atomic E-state index is 0.00921. The van der Waals surface area contributed by atoms with Crippen molar-refractivity contribution < 1.29 is 4.79 Å². The van der Waals surface area contributed by atoms with Gasteiger partial charge in [-0.1, -0.05) is 32.9 Å². The summed E-state index contributed by atoms with van der Waals surface area (Å²) in [6.07, 6.45) is 1.69. The third-order valence-electron chi connectivity index (χ3n) is 3.04. The van der Waals surface area contributed by atoms with Gasteiger partial charge >= 0.3 is 0 Å². The number of nitrogens with zero attached hydrogens (tertiary/aromatic N) is 1. The van der Waals surface area contributed by atoms with E-state index in [1.54, 1.807) is 12.3 Å². The van der Waals surface area contributed by atoms with Gasteiger partial charge in [-0.2, -0.15) is 0 Å². The second-order valence-electron chi connectivity index (χ2n) is 5.50. The van der Waals surface area contributed by atoms with Crippen LogP contribution in [0.4, 0.5) is 0 Å². The van der Waals surface area contributed by atoms with Crippen LogP contribution < -0.4 is 5.43 Å². The molecule has 0 bridgehead atoms. The lowest BCUT2D eigenvalue weighted by atomic mass is 9.91. The molecule has 0 spiro atoms. The van der Waals surface area contributed by atoms with Crippen molar-refractivity contribution >= 4 is 16.7 Å². The van der Waals surface area contributed by atoms with Gasteiger partial charge < -0.3 is 4.57 Å². The molecule has 3 nitrogen and oxygen atoms in total. The Balaban J connectivity index is 2.50. The number of rotatable bonds is 2. The van der Waals surface area contributed by atoms with Crippen molar-refractivity contribution in [3.8, 4) is 0 Å². The van der Waals surface area contributed by atoms with Gasteiger partial charge in [-0.3, -0.25) is 9.59 Å². The Labute approximate surface area is 106 Å². The predicted octanol–water partition coefficient (Wildman–Crippen LogP) is 2.62. The Hall–Kier alpha value is -1.90. The molecule has 0 atom stereocenters. The summed E-state index contributed by atoms with van der Waals surface area (Å²) in [6.45, 7) is 6.00. The zero-order chi connectivity index (χ0) is 13.3. The zero-order valence-electron chi connectivity index (χ0n) is 10.9. The number of hydrogen-bond acceptors (Lipinski definition) is 2. The van der Waals surface area contributed by atoms with Crippen molar-refractivity contribution in [1.29, 1.82) is 0 Å². The molecule has 1 aromatic carbocycles. The van der Waals surface area contributed by atoms with Crippen LogP contribution in [0.3, 0.4) is 0 Å². The summed E-state index contributed by atoms with van der Waals surface area (Å²) < 4.78 is 1.84. The van der Waals surface area contributed by atoms with E-state index in [0.29, 0.717) is 11.9 Å². The number of benzene rings is 1. The van der Waals surface area contributed by atoms with E-state index in [4.69, 9.17) is 0 Å². The van der Waals surface area contributed by atoms with Gasteiger partial charge in [0.1, 0.15) is 0 Å². The Bertz CT molecular complexity index is 647. The zero-order valence-corrected chi connectivity index (χ0v) is 10.9. The summed E-state index contributed by atoms with van der Waals surface area (Å²) in [5.41, 5.74) is 0.428. The molecule has 3 heteroatoms. The Morgan fingerprint density at radius 3 is 2.50 bits per heavy atom. The van der Waals surface area contributed by atoms with E-state index in [2.05, 4.69) is 0 Å².